The van der Waals surface area contributed by atoms with E-state index in [1.165, 1.54) is 0 Å². The molecular weight excluding hydrogens is 236 g/mol. The van der Waals surface area contributed by atoms with Gasteiger partial charge in [-0.2, -0.15) is 0 Å². The summed E-state index contributed by atoms with van der Waals surface area (Å²) in [5.74, 6) is 1.20. The van der Waals surface area contributed by atoms with E-state index in [2.05, 4.69) is 23.6 Å². The number of carbonyl (C=O) groups excluding carboxylic acids is 1. The largest absolute Gasteiger partial charge is 0.321 e. The fourth-order valence-electron chi connectivity index (χ4n) is 2.68. The minimum absolute atomic E-state index is 0.251. The molecule has 1 aliphatic rings. The Morgan fingerprint density at radius 2 is 2.00 bits per heavy atom. The van der Waals surface area contributed by atoms with Crippen LogP contribution in [0.4, 0.5) is 0 Å². The first kappa shape index (κ1) is 12.2. The number of Topliss-reactive ketones (excluding diaryl/α,β-unsaturated/α-hetero) is 1. The maximum Gasteiger partial charge on any atom is 0.181 e. The molecule has 0 unspecified atom stereocenters. The summed E-state index contributed by atoms with van der Waals surface area (Å²) >= 11 is 0. The van der Waals surface area contributed by atoms with Crippen molar-refractivity contribution in [2.45, 2.75) is 39.2 Å². The van der Waals surface area contributed by atoms with Crippen LogP contribution >= 0.6 is 0 Å². The lowest BCUT2D eigenvalue weighted by Gasteiger charge is -2.10. The Hall–Kier alpha value is -1.90. The van der Waals surface area contributed by atoms with E-state index in [1.54, 1.807) is 0 Å². The summed E-state index contributed by atoms with van der Waals surface area (Å²) in [6.45, 7) is 3.05. The molecule has 0 spiro atoms. The summed E-state index contributed by atoms with van der Waals surface area (Å²) in [6, 6.07) is 10.2. The standard InChI is InChI=1S/C16H18N2O/c1-2-3-11-18-15-13(9-10-14(15)19)17-16(18)12-7-5-4-6-8-12/h4-8H,2-3,9-11H2,1H3. The van der Waals surface area contributed by atoms with Crippen LogP contribution in [0.15, 0.2) is 30.3 Å². The van der Waals surface area contributed by atoms with Crippen LogP contribution in [0.1, 0.15) is 42.4 Å². The lowest BCUT2D eigenvalue weighted by molar-refractivity contribution is 0.0986. The van der Waals surface area contributed by atoms with Gasteiger partial charge in [-0.05, 0) is 12.8 Å². The molecule has 98 valence electrons. The molecule has 3 heteroatoms. The van der Waals surface area contributed by atoms with E-state index in [0.29, 0.717) is 6.42 Å². The maximum absolute atomic E-state index is 12.0. The fourth-order valence-corrected chi connectivity index (χ4v) is 2.68. The number of hydrogen-bond acceptors (Lipinski definition) is 2. The number of rotatable bonds is 4. The van der Waals surface area contributed by atoms with Gasteiger partial charge in [0.1, 0.15) is 11.5 Å². The zero-order chi connectivity index (χ0) is 13.2. The quantitative estimate of drug-likeness (QED) is 0.837. The highest BCUT2D eigenvalue weighted by Gasteiger charge is 2.28. The third kappa shape index (κ3) is 2.09. The van der Waals surface area contributed by atoms with E-state index in [0.717, 1.165) is 48.6 Å². The number of unbranched alkanes of at least 4 members (excludes halogenated alkanes) is 1. The van der Waals surface area contributed by atoms with Gasteiger partial charge in [0.05, 0.1) is 5.69 Å². The topological polar surface area (TPSA) is 34.9 Å². The zero-order valence-electron chi connectivity index (χ0n) is 11.2. The van der Waals surface area contributed by atoms with Gasteiger partial charge in [-0.3, -0.25) is 4.79 Å². The molecule has 0 saturated carbocycles. The second-order valence-electron chi connectivity index (χ2n) is 5.03. The molecule has 0 bridgehead atoms. The SMILES string of the molecule is CCCCn1c(-c2ccccc2)nc2c1C(=O)CC2. The number of carbonyl (C=O) groups is 1. The lowest BCUT2D eigenvalue weighted by atomic mass is 10.2. The second-order valence-corrected chi connectivity index (χ2v) is 5.03. The third-order valence-corrected chi connectivity index (χ3v) is 3.66. The molecule has 2 aromatic rings. The molecule has 1 aromatic heterocycles. The number of hydrogen-bond donors (Lipinski definition) is 0. The molecule has 0 amide bonds. The molecule has 1 aromatic carbocycles. The summed E-state index contributed by atoms with van der Waals surface area (Å²) in [5.41, 5.74) is 2.94. The van der Waals surface area contributed by atoms with E-state index < -0.39 is 0 Å². The van der Waals surface area contributed by atoms with Crippen molar-refractivity contribution in [1.29, 1.82) is 0 Å². The van der Waals surface area contributed by atoms with Crippen molar-refractivity contribution >= 4 is 5.78 Å². The van der Waals surface area contributed by atoms with Crippen molar-refractivity contribution in [2.24, 2.45) is 0 Å². The highest BCUT2D eigenvalue weighted by Crippen LogP contribution is 2.28. The number of benzene rings is 1. The molecule has 3 nitrogen and oxygen atoms in total. The summed E-state index contributed by atoms with van der Waals surface area (Å²) < 4.78 is 2.13. The van der Waals surface area contributed by atoms with Gasteiger partial charge in [0, 0.05) is 18.5 Å². The van der Waals surface area contributed by atoms with Crippen LogP contribution < -0.4 is 0 Å². The summed E-state index contributed by atoms with van der Waals surface area (Å²) in [6.07, 6.45) is 3.62. The van der Waals surface area contributed by atoms with Crippen LogP contribution in [0.5, 0.6) is 0 Å². The van der Waals surface area contributed by atoms with E-state index >= 15 is 0 Å². The van der Waals surface area contributed by atoms with Gasteiger partial charge >= 0.3 is 0 Å². The summed E-state index contributed by atoms with van der Waals surface area (Å²) in [5, 5.41) is 0. The molecule has 0 radical (unpaired) electrons. The summed E-state index contributed by atoms with van der Waals surface area (Å²) in [4.78, 5) is 16.7. The Bertz CT molecular complexity index is 599. The first-order valence-corrected chi connectivity index (χ1v) is 6.99. The van der Waals surface area contributed by atoms with Crippen molar-refractivity contribution in [3.05, 3.63) is 41.7 Å². The van der Waals surface area contributed by atoms with Crippen molar-refractivity contribution in [2.75, 3.05) is 0 Å². The molecule has 1 heterocycles. The minimum Gasteiger partial charge on any atom is -0.321 e. The first-order chi connectivity index (χ1) is 9.31. The smallest absolute Gasteiger partial charge is 0.181 e. The molecule has 1 aliphatic carbocycles. The molecule has 0 saturated heterocycles. The van der Waals surface area contributed by atoms with Gasteiger partial charge in [0.15, 0.2) is 5.78 Å². The van der Waals surface area contributed by atoms with Crippen molar-refractivity contribution < 1.29 is 4.79 Å². The molecule has 0 N–H and O–H groups in total. The minimum atomic E-state index is 0.251. The van der Waals surface area contributed by atoms with Crippen LogP contribution in [0.3, 0.4) is 0 Å². The summed E-state index contributed by atoms with van der Waals surface area (Å²) in [7, 11) is 0. The number of ketones is 1. The Labute approximate surface area is 113 Å². The number of imidazole rings is 1. The zero-order valence-corrected chi connectivity index (χ0v) is 11.2. The van der Waals surface area contributed by atoms with Crippen LogP contribution in [-0.2, 0) is 13.0 Å². The van der Waals surface area contributed by atoms with Gasteiger partial charge < -0.3 is 4.57 Å². The van der Waals surface area contributed by atoms with Crippen molar-refractivity contribution in [1.82, 2.24) is 9.55 Å². The van der Waals surface area contributed by atoms with Crippen LogP contribution in [0.25, 0.3) is 11.4 Å². The molecule has 0 atom stereocenters. The van der Waals surface area contributed by atoms with Gasteiger partial charge in [-0.1, -0.05) is 43.7 Å². The maximum atomic E-state index is 12.0. The highest BCUT2D eigenvalue weighted by atomic mass is 16.1. The second kappa shape index (κ2) is 5.00. The van der Waals surface area contributed by atoms with Crippen molar-refractivity contribution in [3.8, 4) is 11.4 Å². The molecule has 0 aliphatic heterocycles. The van der Waals surface area contributed by atoms with Crippen molar-refractivity contribution in [3.63, 3.8) is 0 Å². The monoisotopic (exact) mass is 254 g/mol. The molecular formula is C16H18N2O. The average Bonchev–Trinajstić information content (AvgIpc) is 2.98. The highest BCUT2D eigenvalue weighted by molar-refractivity contribution is 5.99. The van der Waals surface area contributed by atoms with Gasteiger partial charge in [-0.25, -0.2) is 4.98 Å². The van der Waals surface area contributed by atoms with Gasteiger partial charge in [0.2, 0.25) is 0 Å². The van der Waals surface area contributed by atoms with Crippen LogP contribution in [-0.4, -0.2) is 15.3 Å². The Balaban J connectivity index is 2.09. The number of fused-ring (bicyclic) bond motifs is 1. The normalized spacial score (nSPS) is 13.8. The molecule has 0 fully saturated rings. The Morgan fingerprint density at radius 1 is 1.21 bits per heavy atom. The number of aromatic nitrogens is 2. The predicted molar refractivity (Wildman–Crippen MR) is 75.2 cm³/mol. The molecule has 19 heavy (non-hydrogen) atoms. The Morgan fingerprint density at radius 3 is 2.74 bits per heavy atom. The molecule has 3 rings (SSSR count). The fraction of sp³-hybridized carbons (Fsp3) is 0.375. The van der Waals surface area contributed by atoms with Gasteiger partial charge in [-0.15, -0.1) is 0 Å². The van der Waals surface area contributed by atoms with E-state index in [-0.39, 0.29) is 5.78 Å². The van der Waals surface area contributed by atoms with E-state index in [4.69, 9.17) is 4.98 Å². The van der Waals surface area contributed by atoms with E-state index in [1.807, 2.05) is 18.2 Å². The first-order valence-electron chi connectivity index (χ1n) is 6.99. The predicted octanol–water partition coefficient (Wildman–Crippen LogP) is 3.48. The van der Waals surface area contributed by atoms with Crippen LogP contribution in [0, 0.1) is 0 Å². The Kier molecular flexibility index (Phi) is 3.20. The van der Waals surface area contributed by atoms with Crippen LogP contribution in [0.2, 0.25) is 0 Å². The lowest BCUT2D eigenvalue weighted by Crippen LogP contribution is -2.08. The van der Waals surface area contributed by atoms with Gasteiger partial charge in [0.25, 0.3) is 0 Å². The number of nitrogens with zero attached hydrogens (tertiary/aromatic N) is 2. The van der Waals surface area contributed by atoms with E-state index in [9.17, 15) is 4.79 Å². The average molecular weight is 254 g/mol. The third-order valence-electron chi connectivity index (χ3n) is 3.66. The number of aryl methyl sites for hydroxylation is 1.